The fourth-order valence-electron chi connectivity index (χ4n) is 0.668. The largest absolute Gasteiger partial charge is 1.00 e. The van der Waals surface area contributed by atoms with Crippen LogP contribution < -0.4 is 29.6 Å². The second-order valence-corrected chi connectivity index (χ2v) is 2.91. The van der Waals surface area contributed by atoms with Crippen LogP contribution in [0, 0.1) is 6.92 Å². The van der Waals surface area contributed by atoms with Crippen molar-refractivity contribution < 1.29 is 74.9 Å². The van der Waals surface area contributed by atoms with E-state index < -0.39 is 43.0 Å². The maximum Gasteiger partial charge on any atom is 1.00 e. The van der Waals surface area contributed by atoms with Gasteiger partial charge in [0.2, 0.25) is 0 Å². The Balaban J connectivity index is -0.000000392. The van der Waals surface area contributed by atoms with Crippen molar-refractivity contribution in [3.8, 4) is 0 Å². The van der Waals surface area contributed by atoms with Crippen molar-refractivity contribution in [2.45, 2.75) is 24.4 Å². The second-order valence-electron chi connectivity index (χ2n) is 2.91. The van der Waals surface area contributed by atoms with Crippen LogP contribution in [-0.4, -0.2) is 78.7 Å². The summed E-state index contributed by atoms with van der Waals surface area (Å²) in [6.45, 7) is 1.71. The molecule has 0 radical (unpaired) electrons. The first-order valence-electron chi connectivity index (χ1n) is 4.25. The molecule has 0 aliphatic carbocycles. The molecule has 0 aromatic carbocycles. The van der Waals surface area contributed by atoms with E-state index >= 15 is 0 Å². The van der Waals surface area contributed by atoms with E-state index in [2.05, 4.69) is 6.92 Å². The van der Waals surface area contributed by atoms with Crippen molar-refractivity contribution in [1.29, 1.82) is 0 Å². The smallest absolute Gasteiger partial charge is 0.503 e. The summed E-state index contributed by atoms with van der Waals surface area (Å²) in [5.41, 5.74) is 0. The van der Waals surface area contributed by atoms with Gasteiger partial charge in [0.25, 0.3) is 0 Å². The summed E-state index contributed by atoms with van der Waals surface area (Å²) in [5, 5.41) is 59.1. The van der Waals surface area contributed by atoms with Gasteiger partial charge in [-0.2, -0.15) is 0 Å². The third-order valence-corrected chi connectivity index (χ3v) is 1.51. The first kappa shape index (κ1) is 22.8. The molecule has 0 heterocycles. The molecule has 0 aromatic rings. The standard InChI is InChI=1S/C6H12O7.C2H3O2.Na/c7-1-2(8)3(9)4(10)5(11)6(12)13;1-2(3)4;/h2-5,7-11H,1H2,(H,12,13);1H2,(H,3,4);/q;-1;+1. The molecule has 4 atom stereocenters. The van der Waals surface area contributed by atoms with Gasteiger partial charge in [0.15, 0.2) is 12.1 Å². The molecule has 18 heavy (non-hydrogen) atoms. The van der Waals surface area contributed by atoms with E-state index in [1.165, 1.54) is 0 Å². The Kier molecular flexibility index (Phi) is 14.8. The van der Waals surface area contributed by atoms with Gasteiger partial charge in [-0.1, -0.05) is 0 Å². The first-order valence-corrected chi connectivity index (χ1v) is 4.25. The number of carbonyl (C=O) groups is 2. The van der Waals surface area contributed by atoms with Gasteiger partial charge < -0.3 is 35.7 Å². The minimum Gasteiger partial charge on any atom is -0.503 e. The second kappa shape index (κ2) is 11.7. The van der Waals surface area contributed by atoms with Crippen LogP contribution in [0.15, 0.2) is 0 Å². The number of hydrogen-bond donors (Lipinski definition) is 7. The van der Waals surface area contributed by atoms with Crippen LogP contribution in [0.25, 0.3) is 0 Å². The van der Waals surface area contributed by atoms with Crippen molar-refractivity contribution >= 4 is 11.9 Å². The fourth-order valence-corrected chi connectivity index (χ4v) is 0.668. The topological polar surface area (TPSA) is 176 Å². The molecule has 0 bridgehead atoms. The van der Waals surface area contributed by atoms with Gasteiger partial charge in [-0.05, 0) is 0 Å². The molecule has 10 heteroatoms. The summed E-state index contributed by atoms with van der Waals surface area (Å²) in [6, 6.07) is 0. The number of carboxylic acids is 2. The normalized spacial score (nSPS) is 16.1. The number of hydrogen-bond acceptors (Lipinski definition) is 7. The van der Waals surface area contributed by atoms with Gasteiger partial charge in [0, 0.05) is 0 Å². The molecular formula is C8H15NaO9. The minimum absolute atomic E-state index is 0. The zero-order valence-electron chi connectivity index (χ0n) is 9.67. The quantitative estimate of drug-likeness (QED) is 0.190. The van der Waals surface area contributed by atoms with Crippen molar-refractivity contribution in [3.63, 3.8) is 0 Å². The molecule has 4 unspecified atom stereocenters. The third-order valence-electron chi connectivity index (χ3n) is 1.51. The average Bonchev–Trinajstić information content (AvgIpc) is 2.23. The molecule has 7 N–H and O–H groups in total. The zero-order chi connectivity index (χ0) is 14.2. The maximum atomic E-state index is 10.1. The van der Waals surface area contributed by atoms with Gasteiger partial charge in [0.05, 0.1) is 6.61 Å². The van der Waals surface area contributed by atoms with Gasteiger partial charge in [0.1, 0.15) is 18.3 Å². The van der Waals surface area contributed by atoms with Crippen LogP contribution in [0.5, 0.6) is 0 Å². The number of aliphatic carboxylic acids is 2. The Labute approximate surface area is 125 Å². The predicted molar refractivity (Wildman–Crippen MR) is 51.7 cm³/mol. The van der Waals surface area contributed by atoms with Gasteiger partial charge >= 0.3 is 35.5 Å². The Morgan fingerprint density at radius 2 is 1.33 bits per heavy atom. The molecule has 0 fully saturated rings. The molecule has 9 nitrogen and oxygen atoms in total. The summed E-state index contributed by atoms with van der Waals surface area (Å²) in [6.07, 6.45) is -7.84. The van der Waals surface area contributed by atoms with Gasteiger partial charge in [-0.25, -0.2) is 4.79 Å². The summed E-state index contributed by atoms with van der Waals surface area (Å²) in [4.78, 5) is 19.0. The molecule has 0 aliphatic rings. The van der Waals surface area contributed by atoms with E-state index in [1.54, 1.807) is 0 Å². The number of aliphatic hydroxyl groups is 5. The van der Waals surface area contributed by atoms with Gasteiger partial charge in [-0.15, -0.1) is 0 Å². The maximum absolute atomic E-state index is 10.1. The van der Waals surface area contributed by atoms with Crippen LogP contribution >= 0.6 is 0 Å². The molecule has 102 valence electrons. The molecule has 0 aromatic heterocycles. The van der Waals surface area contributed by atoms with Crippen LogP contribution in [0.3, 0.4) is 0 Å². The van der Waals surface area contributed by atoms with Crippen molar-refractivity contribution in [1.82, 2.24) is 0 Å². The molecular weight excluding hydrogens is 263 g/mol. The van der Waals surface area contributed by atoms with E-state index in [0.717, 1.165) is 0 Å². The predicted octanol–water partition coefficient (Wildman–Crippen LogP) is -6.58. The molecule has 0 saturated carbocycles. The molecule has 0 spiro atoms. The summed E-state index contributed by atoms with van der Waals surface area (Å²) >= 11 is 0. The first-order chi connectivity index (χ1) is 7.64. The fraction of sp³-hybridized carbons (Fsp3) is 0.625. The third kappa shape index (κ3) is 10.7. The Morgan fingerprint density at radius 1 is 1.00 bits per heavy atom. The zero-order valence-corrected chi connectivity index (χ0v) is 11.7. The Bertz CT molecular complexity index is 243. The van der Waals surface area contributed by atoms with E-state index in [0.29, 0.717) is 0 Å². The number of aliphatic hydroxyl groups excluding tert-OH is 5. The Morgan fingerprint density at radius 3 is 1.56 bits per heavy atom. The molecule has 0 aliphatic heterocycles. The van der Waals surface area contributed by atoms with E-state index in [4.69, 9.17) is 40.5 Å². The van der Waals surface area contributed by atoms with E-state index in [9.17, 15) is 4.79 Å². The average molecular weight is 278 g/mol. The van der Waals surface area contributed by atoms with Crippen molar-refractivity contribution in [3.05, 3.63) is 6.92 Å². The Hall–Kier alpha value is -0.390. The SMILES string of the molecule is O=C(O)C(O)C(O)C(O)C(O)CO.[CH2-]C(=O)O.[Na+]. The van der Waals surface area contributed by atoms with Crippen molar-refractivity contribution in [2.75, 3.05) is 6.61 Å². The van der Waals surface area contributed by atoms with Crippen LogP contribution in [-0.2, 0) is 9.59 Å². The summed E-state index contributed by atoms with van der Waals surface area (Å²) in [5.74, 6) is -2.81. The summed E-state index contributed by atoms with van der Waals surface area (Å²) < 4.78 is 0. The van der Waals surface area contributed by atoms with E-state index in [1.807, 2.05) is 0 Å². The van der Waals surface area contributed by atoms with Gasteiger partial charge in [-0.3, -0.25) is 11.7 Å². The number of rotatable bonds is 5. The van der Waals surface area contributed by atoms with Crippen molar-refractivity contribution in [2.24, 2.45) is 0 Å². The summed E-state index contributed by atoms with van der Waals surface area (Å²) in [7, 11) is 0. The monoisotopic (exact) mass is 278 g/mol. The minimum atomic E-state index is -2.20. The molecule has 0 amide bonds. The van der Waals surface area contributed by atoms with E-state index in [-0.39, 0.29) is 29.6 Å². The van der Waals surface area contributed by atoms with Crippen LogP contribution in [0.1, 0.15) is 0 Å². The van der Waals surface area contributed by atoms with Crippen LogP contribution in [0.2, 0.25) is 0 Å². The molecule has 0 rings (SSSR count). The number of carboxylic acid groups (broad SMARTS) is 2. The van der Waals surface area contributed by atoms with Crippen LogP contribution in [0.4, 0.5) is 0 Å². The molecule has 0 saturated heterocycles.